The standard InChI is InChI=1S/C17H24N2O5S2/c1-25(21,22)8-7-18-26(23,24)15-4-2-3-14(11-15)17(20)19-16-10-12-5-6-13(16)9-12/h2-4,11-13,16,18H,5-10H2,1H3,(H,19,20)/t12-,13+,16+/m0/s1. The largest absolute Gasteiger partial charge is 0.349 e. The fraction of sp³-hybridized carbons (Fsp3) is 0.588. The topological polar surface area (TPSA) is 109 Å². The molecule has 144 valence electrons. The van der Waals surface area contributed by atoms with Crippen LogP contribution in [0.5, 0.6) is 0 Å². The molecule has 26 heavy (non-hydrogen) atoms. The van der Waals surface area contributed by atoms with Crippen molar-refractivity contribution in [3.8, 4) is 0 Å². The molecule has 9 heteroatoms. The molecule has 1 aromatic rings. The monoisotopic (exact) mass is 400 g/mol. The third kappa shape index (κ3) is 4.63. The molecule has 0 spiro atoms. The van der Waals surface area contributed by atoms with Gasteiger partial charge in [-0.25, -0.2) is 21.6 Å². The number of benzene rings is 1. The number of sulfonamides is 1. The van der Waals surface area contributed by atoms with Crippen molar-refractivity contribution in [2.45, 2.75) is 36.6 Å². The van der Waals surface area contributed by atoms with E-state index in [9.17, 15) is 21.6 Å². The summed E-state index contributed by atoms with van der Waals surface area (Å²) in [6.07, 6.45) is 5.60. The number of fused-ring (bicyclic) bond motifs is 2. The van der Waals surface area contributed by atoms with Crippen molar-refractivity contribution in [2.24, 2.45) is 11.8 Å². The van der Waals surface area contributed by atoms with Gasteiger partial charge in [-0.1, -0.05) is 12.5 Å². The van der Waals surface area contributed by atoms with Gasteiger partial charge in [0, 0.05) is 24.4 Å². The van der Waals surface area contributed by atoms with Crippen LogP contribution in [-0.4, -0.2) is 47.3 Å². The molecule has 2 fully saturated rings. The molecule has 0 radical (unpaired) electrons. The second kappa shape index (κ2) is 7.28. The van der Waals surface area contributed by atoms with Crippen molar-refractivity contribution in [3.05, 3.63) is 29.8 Å². The van der Waals surface area contributed by atoms with Gasteiger partial charge in [0.25, 0.3) is 5.91 Å². The highest BCUT2D eigenvalue weighted by Crippen LogP contribution is 2.44. The molecule has 2 aliphatic carbocycles. The van der Waals surface area contributed by atoms with Crippen LogP contribution in [0.3, 0.4) is 0 Å². The molecule has 7 nitrogen and oxygen atoms in total. The lowest BCUT2D eigenvalue weighted by Crippen LogP contribution is -2.38. The summed E-state index contributed by atoms with van der Waals surface area (Å²) >= 11 is 0. The minimum absolute atomic E-state index is 0.0495. The van der Waals surface area contributed by atoms with Gasteiger partial charge in [-0.05, 0) is 49.3 Å². The molecule has 2 saturated carbocycles. The Balaban J connectivity index is 1.66. The van der Waals surface area contributed by atoms with E-state index in [-0.39, 0.29) is 29.1 Å². The highest BCUT2D eigenvalue weighted by molar-refractivity contribution is 7.91. The predicted octanol–water partition coefficient (Wildman–Crippen LogP) is 0.928. The molecule has 2 aliphatic rings. The van der Waals surface area contributed by atoms with E-state index in [1.54, 1.807) is 6.07 Å². The Hall–Kier alpha value is -1.45. The van der Waals surface area contributed by atoms with Crippen molar-refractivity contribution in [3.63, 3.8) is 0 Å². The van der Waals surface area contributed by atoms with E-state index in [2.05, 4.69) is 10.0 Å². The molecule has 0 unspecified atom stereocenters. The number of sulfone groups is 1. The fourth-order valence-corrected chi connectivity index (χ4v) is 5.60. The van der Waals surface area contributed by atoms with Crippen molar-refractivity contribution in [1.29, 1.82) is 0 Å². The van der Waals surface area contributed by atoms with Gasteiger partial charge < -0.3 is 5.32 Å². The number of carbonyl (C=O) groups is 1. The summed E-state index contributed by atoms with van der Waals surface area (Å²) in [5.74, 6) is 0.691. The number of hydrogen-bond acceptors (Lipinski definition) is 5. The Kier molecular flexibility index (Phi) is 5.41. The smallest absolute Gasteiger partial charge is 0.251 e. The highest BCUT2D eigenvalue weighted by atomic mass is 32.2. The number of carbonyl (C=O) groups excluding carboxylic acids is 1. The van der Waals surface area contributed by atoms with Crippen LogP contribution < -0.4 is 10.0 Å². The first kappa shape index (κ1) is 19.3. The van der Waals surface area contributed by atoms with Crippen LogP contribution in [0.2, 0.25) is 0 Å². The predicted molar refractivity (Wildman–Crippen MR) is 98.0 cm³/mol. The Morgan fingerprint density at radius 2 is 1.92 bits per heavy atom. The molecule has 0 aliphatic heterocycles. The van der Waals surface area contributed by atoms with Gasteiger partial charge in [0.2, 0.25) is 10.0 Å². The first-order valence-corrected chi connectivity index (χ1v) is 12.3. The van der Waals surface area contributed by atoms with E-state index in [0.29, 0.717) is 17.4 Å². The second-order valence-corrected chi connectivity index (χ2v) is 11.3. The molecule has 2 bridgehead atoms. The molecule has 3 atom stereocenters. The maximum absolute atomic E-state index is 12.5. The van der Waals surface area contributed by atoms with Crippen molar-refractivity contribution in [2.75, 3.05) is 18.6 Å². The Labute approximate surface area is 154 Å². The number of hydrogen-bond donors (Lipinski definition) is 2. The fourth-order valence-electron chi connectivity index (χ4n) is 3.92. The van der Waals surface area contributed by atoms with Crippen LogP contribution in [0.4, 0.5) is 0 Å². The normalized spacial score (nSPS) is 25.3. The van der Waals surface area contributed by atoms with E-state index in [0.717, 1.165) is 19.1 Å². The van der Waals surface area contributed by atoms with Crippen molar-refractivity contribution >= 4 is 25.8 Å². The maximum atomic E-state index is 12.5. The first-order chi connectivity index (χ1) is 12.1. The Bertz CT molecular complexity index is 895. The number of rotatable bonds is 7. The van der Waals surface area contributed by atoms with Crippen LogP contribution in [0.15, 0.2) is 29.2 Å². The number of amides is 1. The maximum Gasteiger partial charge on any atom is 0.251 e. The van der Waals surface area contributed by atoms with E-state index >= 15 is 0 Å². The van der Waals surface area contributed by atoms with Gasteiger partial charge in [-0.3, -0.25) is 4.79 Å². The van der Waals surface area contributed by atoms with Gasteiger partial charge in [-0.15, -0.1) is 0 Å². The summed E-state index contributed by atoms with van der Waals surface area (Å²) in [6.45, 7) is -0.206. The molecule has 0 saturated heterocycles. The summed E-state index contributed by atoms with van der Waals surface area (Å²) in [4.78, 5) is 12.4. The quantitative estimate of drug-likeness (QED) is 0.708. The molecule has 1 aromatic carbocycles. The lowest BCUT2D eigenvalue weighted by Gasteiger charge is -2.23. The molecule has 0 aromatic heterocycles. The zero-order valence-corrected chi connectivity index (χ0v) is 16.3. The van der Waals surface area contributed by atoms with Gasteiger partial charge in [-0.2, -0.15) is 0 Å². The molecular weight excluding hydrogens is 376 g/mol. The van der Waals surface area contributed by atoms with Crippen LogP contribution in [-0.2, 0) is 19.9 Å². The lowest BCUT2D eigenvalue weighted by molar-refractivity contribution is 0.0922. The van der Waals surface area contributed by atoms with Crippen LogP contribution in [0, 0.1) is 11.8 Å². The van der Waals surface area contributed by atoms with Gasteiger partial charge in [0.05, 0.1) is 10.6 Å². The van der Waals surface area contributed by atoms with Crippen molar-refractivity contribution in [1.82, 2.24) is 10.0 Å². The SMILES string of the molecule is CS(=O)(=O)CCNS(=O)(=O)c1cccc(C(=O)N[C@@H]2C[C@H]3CC[C@@H]2C3)c1. The Morgan fingerprint density at radius 3 is 2.54 bits per heavy atom. The number of nitrogens with one attached hydrogen (secondary N) is 2. The summed E-state index contributed by atoms with van der Waals surface area (Å²) in [5, 5.41) is 3.03. The van der Waals surface area contributed by atoms with Crippen LogP contribution >= 0.6 is 0 Å². The van der Waals surface area contributed by atoms with Crippen molar-refractivity contribution < 1.29 is 21.6 Å². The average Bonchev–Trinajstić information content (AvgIpc) is 3.16. The summed E-state index contributed by atoms with van der Waals surface area (Å²) in [6, 6.07) is 5.98. The van der Waals surface area contributed by atoms with Gasteiger partial charge >= 0.3 is 0 Å². The molecular formula is C17H24N2O5S2. The van der Waals surface area contributed by atoms with Gasteiger partial charge in [0.15, 0.2) is 0 Å². The minimum Gasteiger partial charge on any atom is -0.349 e. The third-order valence-electron chi connectivity index (χ3n) is 5.23. The van der Waals surface area contributed by atoms with Gasteiger partial charge in [0.1, 0.15) is 9.84 Å². The van der Waals surface area contributed by atoms with E-state index < -0.39 is 19.9 Å². The first-order valence-electron chi connectivity index (χ1n) is 8.72. The zero-order valence-electron chi connectivity index (χ0n) is 14.6. The zero-order chi connectivity index (χ0) is 18.9. The average molecular weight is 401 g/mol. The van der Waals surface area contributed by atoms with Crippen LogP contribution in [0.1, 0.15) is 36.0 Å². The lowest BCUT2D eigenvalue weighted by atomic mass is 9.95. The third-order valence-corrected chi connectivity index (χ3v) is 7.63. The molecule has 3 rings (SSSR count). The molecule has 2 N–H and O–H groups in total. The van der Waals surface area contributed by atoms with E-state index in [1.807, 2.05) is 0 Å². The summed E-state index contributed by atoms with van der Waals surface area (Å²) in [7, 11) is -7.13. The Morgan fingerprint density at radius 1 is 1.15 bits per heavy atom. The molecule has 0 heterocycles. The molecule has 1 amide bonds. The van der Waals surface area contributed by atoms with E-state index in [4.69, 9.17) is 0 Å². The minimum atomic E-state index is -3.87. The van der Waals surface area contributed by atoms with E-state index in [1.165, 1.54) is 31.0 Å². The van der Waals surface area contributed by atoms with Crippen LogP contribution in [0.25, 0.3) is 0 Å². The summed E-state index contributed by atoms with van der Waals surface area (Å²) in [5.41, 5.74) is 0.291. The highest BCUT2D eigenvalue weighted by Gasteiger charge is 2.40. The second-order valence-electron chi connectivity index (χ2n) is 7.31. The summed E-state index contributed by atoms with van der Waals surface area (Å²) < 4.78 is 49.1.